The number of sulfone groups is 1. The molecule has 0 aliphatic carbocycles. The van der Waals surface area contributed by atoms with Crippen molar-refractivity contribution in [2.24, 2.45) is 0 Å². The van der Waals surface area contributed by atoms with Crippen LogP contribution in [0.25, 0.3) is 0 Å². The maximum Gasteiger partial charge on any atom is 0.345 e. The third-order valence-electron chi connectivity index (χ3n) is 3.41. The lowest BCUT2D eigenvalue weighted by Gasteiger charge is -2.33. The van der Waals surface area contributed by atoms with E-state index in [9.17, 15) is 13.2 Å². The Morgan fingerprint density at radius 1 is 1.58 bits per heavy atom. The van der Waals surface area contributed by atoms with Gasteiger partial charge in [-0.25, -0.2) is 13.2 Å². The minimum atomic E-state index is -2.91. The molecule has 0 bridgehead atoms. The summed E-state index contributed by atoms with van der Waals surface area (Å²) in [5.41, 5.74) is 0.980. The molecule has 1 aliphatic rings. The van der Waals surface area contributed by atoms with Gasteiger partial charge < -0.3 is 5.11 Å². The van der Waals surface area contributed by atoms with Gasteiger partial charge in [0.05, 0.1) is 11.5 Å². The first-order valence-corrected chi connectivity index (χ1v) is 8.69. The van der Waals surface area contributed by atoms with Gasteiger partial charge in [-0.15, -0.1) is 11.3 Å². The van der Waals surface area contributed by atoms with Crippen LogP contribution >= 0.6 is 11.3 Å². The van der Waals surface area contributed by atoms with Crippen molar-refractivity contribution in [3.05, 3.63) is 21.4 Å². The van der Waals surface area contributed by atoms with Crippen LogP contribution in [0, 0.1) is 6.92 Å². The summed E-state index contributed by atoms with van der Waals surface area (Å²) in [4.78, 5) is 14.3. The molecule has 5 nitrogen and oxygen atoms in total. The van der Waals surface area contributed by atoms with Crippen LogP contribution < -0.4 is 0 Å². The highest BCUT2D eigenvalue weighted by molar-refractivity contribution is 7.91. The second-order valence-electron chi connectivity index (χ2n) is 4.93. The van der Waals surface area contributed by atoms with Gasteiger partial charge in [-0.05, 0) is 25.5 Å². The molecule has 0 radical (unpaired) electrons. The molecule has 1 fully saturated rings. The molecule has 106 valence electrons. The summed E-state index contributed by atoms with van der Waals surface area (Å²) in [6.07, 6.45) is 0. The van der Waals surface area contributed by atoms with E-state index in [1.165, 1.54) is 11.3 Å². The first-order valence-electron chi connectivity index (χ1n) is 6.05. The van der Waals surface area contributed by atoms with E-state index in [2.05, 4.69) is 4.90 Å². The molecule has 1 saturated heterocycles. The number of nitrogens with zero attached hydrogens (tertiary/aromatic N) is 1. The number of rotatable bonds is 3. The molecule has 1 aromatic rings. The number of aryl methyl sites for hydroxylation is 1. The van der Waals surface area contributed by atoms with E-state index in [1.54, 1.807) is 6.07 Å². The molecule has 2 rings (SSSR count). The van der Waals surface area contributed by atoms with Crippen LogP contribution in [0.5, 0.6) is 0 Å². The maximum atomic E-state index is 11.5. The summed E-state index contributed by atoms with van der Waals surface area (Å²) >= 11 is 1.27. The molecular weight excluding hydrogens is 286 g/mol. The number of carboxylic acid groups (broad SMARTS) is 1. The van der Waals surface area contributed by atoms with E-state index in [1.807, 2.05) is 13.8 Å². The number of hydrogen-bond donors (Lipinski definition) is 1. The highest BCUT2D eigenvalue weighted by Gasteiger charge is 2.28. The minimum Gasteiger partial charge on any atom is -0.477 e. The van der Waals surface area contributed by atoms with E-state index in [4.69, 9.17) is 5.11 Å². The fourth-order valence-corrected chi connectivity index (χ4v) is 4.77. The molecule has 1 aliphatic heterocycles. The third-order valence-corrected chi connectivity index (χ3v) is 6.29. The van der Waals surface area contributed by atoms with Gasteiger partial charge in [0.2, 0.25) is 0 Å². The number of carbonyl (C=O) groups is 1. The van der Waals surface area contributed by atoms with E-state index < -0.39 is 15.8 Å². The van der Waals surface area contributed by atoms with Gasteiger partial charge in [0.25, 0.3) is 0 Å². The van der Waals surface area contributed by atoms with Gasteiger partial charge in [0, 0.05) is 24.0 Å². The lowest BCUT2D eigenvalue weighted by molar-refractivity contribution is 0.0702. The zero-order chi connectivity index (χ0) is 14.2. The third kappa shape index (κ3) is 3.34. The lowest BCUT2D eigenvalue weighted by Crippen LogP contribution is -2.46. The van der Waals surface area contributed by atoms with Crippen LogP contribution in [0.3, 0.4) is 0 Å². The normalized spacial score (nSPS) is 23.4. The Morgan fingerprint density at radius 3 is 2.79 bits per heavy atom. The first-order chi connectivity index (χ1) is 8.78. The second kappa shape index (κ2) is 5.22. The van der Waals surface area contributed by atoms with Crippen molar-refractivity contribution in [3.63, 3.8) is 0 Å². The van der Waals surface area contributed by atoms with Crippen molar-refractivity contribution in [1.82, 2.24) is 4.90 Å². The fourth-order valence-electron chi connectivity index (χ4n) is 2.27. The zero-order valence-electron chi connectivity index (χ0n) is 10.9. The molecular formula is C12H17NO4S2. The average Bonchev–Trinajstić information content (AvgIpc) is 2.64. The first kappa shape index (κ1) is 14.5. The largest absolute Gasteiger partial charge is 0.477 e. The summed E-state index contributed by atoms with van der Waals surface area (Å²) in [6.45, 7) is 4.93. The van der Waals surface area contributed by atoms with Crippen molar-refractivity contribution >= 4 is 27.1 Å². The SMILES string of the molecule is Cc1sc(C(=O)O)cc1CN1CCS(=O)(=O)CC1C. The summed E-state index contributed by atoms with van der Waals surface area (Å²) < 4.78 is 23.0. The number of carboxylic acids is 1. The second-order valence-corrected chi connectivity index (χ2v) is 8.42. The van der Waals surface area contributed by atoms with Crippen LogP contribution in [0.4, 0.5) is 0 Å². The van der Waals surface area contributed by atoms with Crippen LogP contribution in [0.1, 0.15) is 27.0 Å². The Labute approximate surface area is 116 Å². The molecule has 1 unspecified atom stereocenters. The van der Waals surface area contributed by atoms with Crippen LogP contribution in [0.15, 0.2) is 6.07 Å². The van der Waals surface area contributed by atoms with E-state index in [-0.39, 0.29) is 17.5 Å². The van der Waals surface area contributed by atoms with Gasteiger partial charge in [-0.3, -0.25) is 4.90 Å². The fraction of sp³-hybridized carbons (Fsp3) is 0.583. The number of aromatic carboxylic acids is 1. The zero-order valence-corrected chi connectivity index (χ0v) is 12.6. The molecule has 2 heterocycles. The Kier molecular flexibility index (Phi) is 3.98. The van der Waals surface area contributed by atoms with Crippen LogP contribution in [0.2, 0.25) is 0 Å². The quantitative estimate of drug-likeness (QED) is 0.913. The average molecular weight is 303 g/mol. The highest BCUT2D eigenvalue weighted by Crippen LogP contribution is 2.24. The number of hydrogen-bond acceptors (Lipinski definition) is 5. The van der Waals surface area contributed by atoms with E-state index in [0.717, 1.165) is 10.4 Å². The predicted molar refractivity (Wildman–Crippen MR) is 74.5 cm³/mol. The molecule has 1 aromatic heterocycles. The monoisotopic (exact) mass is 303 g/mol. The van der Waals surface area contributed by atoms with E-state index in [0.29, 0.717) is 18.0 Å². The molecule has 7 heteroatoms. The number of thiophene rings is 1. The molecule has 1 N–H and O–H groups in total. The molecule has 1 atom stereocenters. The Bertz CT molecular complexity index is 591. The minimum absolute atomic E-state index is 0.0219. The van der Waals surface area contributed by atoms with Gasteiger partial charge >= 0.3 is 5.97 Å². The summed E-state index contributed by atoms with van der Waals surface area (Å²) in [5.74, 6) is -0.539. The van der Waals surface area contributed by atoms with Crippen molar-refractivity contribution < 1.29 is 18.3 Å². The van der Waals surface area contributed by atoms with Crippen LogP contribution in [-0.2, 0) is 16.4 Å². The van der Waals surface area contributed by atoms with Crippen molar-refractivity contribution in [2.45, 2.75) is 26.4 Å². The molecule has 0 saturated carbocycles. The maximum absolute atomic E-state index is 11.5. The van der Waals surface area contributed by atoms with Crippen molar-refractivity contribution in [1.29, 1.82) is 0 Å². The summed E-state index contributed by atoms with van der Waals surface area (Å²) in [7, 11) is -2.91. The Morgan fingerprint density at radius 2 is 2.26 bits per heavy atom. The van der Waals surface area contributed by atoms with Crippen LogP contribution in [-0.4, -0.2) is 48.5 Å². The van der Waals surface area contributed by atoms with Crippen molar-refractivity contribution in [3.8, 4) is 0 Å². The Balaban J connectivity index is 2.12. The van der Waals surface area contributed by atoms with Gasteiger partial charge in [-0.2, -0.15) is 0 Å². The molecule has 0 amide bonds. The summed E-state index contributed by atoms with van der Waals surface area (Å²) in [5, 5.41) is 8.97. The Hall–Kier alpha value is -0.920. The smallest absolute Gasteiger partial charge is 0.345 e. The predicted octanol–water partition coefficient (Wildman–Crippen LogP) is 1.37. The lowest BCUT2D eigenvalue weighted by atomic mass is 10.2. The topological polar surface area (TPSA) is 74.7 Å². The van der Waals surface area contributed by atoms with Crippen molar-refractivity contribution in [2.75, 3.05) is 18.1 Å². The highest BCUT2D eigenvalue weighted by atomic mass is 32.2. The molecule has 0 aromatic carbocycles. The van der Waals surface area contributed by atoms with Gasteiger partial charge in [0.1, 0.15) is 4.88 Å². The molecule has 19 heavy (non-hydrogen) atoms. The standard InChI is InChI=1S/C12H17NO4S2/c1-8-7-19(16,17)4-3-13(8)6-10-5-11(12(14)15)18-9(10)2/h5,8H,3-4,6-7H2,1-2H3,(H,14,15). The van der Waals surface area contributed by atoms with Gasteiger partial charge in [0.15, 0.2) is 9.84 Å². The summed E-state index contributed by atoms with van der Waals surface area (Å²) in [6, 6.07) is 1.67. The molecule has 0 spiro atoms. The van der Waals surface area contributed by atoms with Gasteiger partial charge in [-0.1, -0.05) is 0 Å². The van der Waals surface area contributed by atoms with E-state index >= 15 is 0 Å².